The van der Waals surface area contributed by atoms with Crippen LogP contribution in [0.5, 0.6) is 0 Å². The van der Waals surface area contributed by atoms with Gasteiger partial charge in [-0.15, -0.1) is 0 Å². The van der Waals surface area contributed by atoms with Crippen LogP contribution in [-0.4, -0.2) is 30.4 Å². The molecule has 2 N–H and O–H groups in total. The summed E-state index contributed by atoms with van der Waals surface area (Å²) in [7, 11) is 1.67. The van der Waals surface area contributed by atoms with Crippen LogP contribution in [0.25, 0.3) is 0 Å². The average molecular weight is 256 g/mol. The number of carbonyl (C=O) groups excluding carboxylic acids is 1. The molecule has 1 amide bonds. The quantitative estimate of drug-likeness (QED) is 0.871. The molecule has 0 spiro atoms. The lowest BCUT2D eigenvalue weighted by molar-refractivity contribution is -0.130. The van der Waals surface area contributed by atoms with Crippen molar-refractivity contribution in [1.82, 2.24) is 4.90 Å². The van der Waals surface area contributed by atoms with E-state index < -0.39 is 11.6 Å². The third-order valence-corrected chi connectivity index (χ3v) is 2.64. The highest BCUT2D eigenvalue weighted by molar-refractivity contribution is 5.76. The van der Waals surface area contributed by atoms with Gasteiger partial charge in [-0.25, -0.2) is 8.78 Å². The van der Waals surface area contributed by atoms with Crippen molar-refractivity contribution in [2.45, 2.75) is 25.8 Å². The van der Waals surface area contributed by atoms with Crippen LogP contribution in [0.4, 0.5) is 8.78 Å². The van der Waals surface area contributed by atoms with Gasteiger partial charge in [0.05, 0.1) is 0 Å². The molecule has 18 heavy (non-hydrogen) atoms. The van der Waals surface area contributed by atoms with E-state index in [-0.39, 0.29) is 18.4 Å². The second-order valence-corrected chi connectivity index (χ2v) is 4.50. The molecule has 0 bridgehead atoms. The Morgan fingerprint density at radius 1 is 1.39 bits per heavy atom. The molecule has 1 atom stereocenters. The van der Waals surface area contributed by atoms with Crippen LogP contribution >= 0.6 is 0 Å². The van der Waals surface area contributed by atoms with Gasteiger partial charge >= 0.3 is 0 Å². The van der Waals surface area contributed by atoms with E-state index in [0.29, 0.717) is 18.5 Å². The molecule has 1 aromatic rings. The number of amides is 1. The van der Waals surface area contributed by atoms with Crippen molar-refractivity contribution in [2.75, 3.05) is 13.6 Å². The van der Waals surface area contributed by atoms with Gasteiger partial charge in [0.2, 0.25) is 5.91 Å². The number of likely N-dealkylation sites (N-methyl/N-ethyl adjacent to an activating group) is 1. The molecule has 0 aromatic heterocycles. The fourth-order valence-corrected chi connectivity index (χ4v) is 1.55. The lowest BCUT2D eigenvalue weighted by Gasteiger charge is -2.18. The molecule has 0 heterocycles. The predicted molar refractivity (Wildman–Crippen MR) is 66.0 cm³/mol. The maximum absolute atomic E-state index is 13.0. The second-order valence-electron chi connectivity index (χ2n) is 4.50. The molecular weight excluding hydrogens is 238 g/mol. The van der Waals surface area contributed by atoms with Gasteiger partial charge in [0.1, 0.15) is 0 Å². The van der Waals surface area contributed by atoms with E-state index in [4.69, 9.17) is 5.73 Å². The van der Waals surface area contributed by atoms with Crippen molar-refractivity contribution in [3.05, 3.63) is 35.4 Å². The average Bonchev–Trinajstić information content (AvgIpc) is 2.29. The first-order chi connectivity index (χ1) is 8.40. The molecule has 3 nitrogen and oxygen atoms in total. The van der Waals surface area contributed by atoms with Crippen molar-refractivity contribution in [2.24, 2.45) is 5.73 Å². The fraction of sp³-hybridized carbons (Fsp3) is 0.462. The third kappa shape index (κ3) is 4.41. The maximum atomic E-state index is 13.0. The van der Waals surface area contributed by atoms with Gasteiger partial charge in [-0.05, 0) is 31.0 Å². The summed E-state index contributed by atoms with van der Waals surface area (Å²) in [6, 6.07) is 3.58. The minimum atomic E-state index is -0.864. The highest BCUT2D eigenvalue weighted by Gasteiger charge is 2.11. The van der Waals surface area contributed by atoms with Gasteiger partial charge in [0, 0.05) is 26.1 Å². The zero-order chi connectivity index (χ0) is 13.7. The standard InChI is InChI=1S/C13H18F2N2O/c1-9(16)7-13(18)17(2)6-5-10-3-4-11(14)12(15)8-10/h3-4,8-9H,5-7,16H2,1-2H3. The largest absolute Gasteiger partial charge is 0.345 e. The summed E-state index contributed by atoms with van der Waals surface area (Å²) >= 11 is 0. The Bertz CT molecular complexity index is 421. The molecule has 0 radical (unpaired) electrons. The van der Waals surface area contributed by atoms with Crippen molar-refractivity contribution >= 4 is 5.91 Å². The molecule has 100 valence electrons. The summed E-state index contributed by atoms with van der Waals surface area (Å²) in [4.78, 5) is 13.2. The molecule has 0 fully saturated rings. The number of halogens is 2. The van der Waals surface area contributed by atoms with Crippen molar-refractivity contribution in [3.63, 3.8) is 0 Å². The zero-order valence-corrected chi connectivity index (χ0v) is 10.6. The SMILES string of the molecule is CC(N)CC(=O)N(C)CCc1ccc(F)c(F)c1. The lowest BCUT2D eigenvalue weighted by Crippen LogP contribution is -2.33. The molecule has 0 aliphatic carbocycles. The van der Waals surface area contributed by atoms with Crippen LogP contribution in [0.2, 0.25) is 0 Å². The van der Waals surface area contributed by atoms with E-state index in [9.17, 15) is 13.6 Å². The predicted octanol–water partition coefficient (Wildman–Crippen LogP) is 1.70. The molecule has 5 heteroatoms. The highest BCUT2D eigenvalue weighted by atomic mass is 19.2. The molecule has 0 saturated heterocycles. The van der Waals surface area contributed by atoms with Gasteiger partial charge < -0.3 is 10.6 Å². The Balaban J connectivity index is 2.49. The monoisotopic (exact) mass is 256 g/mol. The highest BCUT2D eigenvalue weighted by Crippen LogP contribution is 2.09. The Labute approximate surface area is 106 Å². The summed E-state index contributed by atoms with van der Waals surface area (Å²) in [6.45, 7) is 2.22. The zero-order valence-electron chi connectivity index (χ0n) is 10.6. The van der Waals surface area contributed by atoms with E-state index in [2.05, 4.69) is 0 Å². The number of nitrogens with zero attached hydrogens (tertiary/aromatic N) is 1. The normalized spacial score (nSPS) is 12.3. The summed E-state index contributed by atoms with van der Waals surface area (Å²) in [5.41, 5.74) is 6.20. The van der Waals surface area contributed by atoms with Gasteiger partial charge in [-0.3, -0.25) is 4.79 Å². The van der Waals surface area contributed by atoms with Crippen molar-refractivity contribution in [3.8, 4) is 0 Å². The van der Waals surface area contributed by atoms with Gasteiger partial charge in [-0.1, -0.05) is 6.07 Å². The number of hydrogen-bond donors (Lipinski definition) is 1. The van der Waals surface area contributed by atoms with Gasteiger partial charge in [0.25, 0.3) is 0 Å². The second kappa shape index (κ2) is 6.44. The molecule has 1 unspecified atom stereocenters. The maximum Gasteiger partial charge on any atom is 0.223 e. The lowest BCUT2D eigenvalue weighted by atomic mass is 10.1. The number of hydrogen-bond acceptors (Lipinski definition) is 2. The number of carbonyl (C=O) groups is 1. The summed E-state index contributed by atoms with van der Waals surface area (Å²) in [5, 5.41) is 0. The van der Waals surface area contributed by atoms with Crippen LogP contribution in [-0.2, 0) is 11.2 Å². The van der Waals surface area contributed by atoms with E-state index in [0.717, 1.165) is 12.1 Å². The van der Waals surface area contributed by atoms with E-state index in [1.807, 2.05) is 0 Å². The Hall–Kier alpha value is -1.49. The Morgan fingerprint density at radius 3 is 2.61 bits per heavy atom. The van der Waals surface area contributed by atoms with E-state index in [1.165, 1.54) is 6.07 Å². The first kappa shape index (κ1) is 14.6. The van der Waals surface area contributed by atoms with E-state index in [1.54, 1.807) is 18.9 Å². The smallest absolute Gasteiger partial charge is 0.223 e. The number of nitrogens with two attached hydrogens (primary N) is 1. The molecular formula is C13H18F2N2O. The van der Waals surface area contributed by atoms with Crippen LogP contribution in [0.3, 0.4) is 0 Å². The number of benzene rings is 1. The molecule has 1 rings (SSSR count). The van der Waals surface area contributed by atoms with E-state index >= 15 is 0 Å². The number of rotatable bonds is 5. The summed E-state index contributed by atoms with van der Waals surface area (Å²) in [6.07, 6.45) is 0.771. The van der Waals surface area contributed by atoms with Crippen LogP contribution in [0.1, 0.15) is 18.9 Å². The Kier molecular flexibility index (Phi) is 5.22. The minimum absolute atomic E-state index is 0.0485. The van der Waals surface area contributed by atoms with Crippen LogP contribution in [0, 0.1) is 11.6 Å². The molecule has 0 aliphatic rings. The van der Waals surface area contributed by atoms with Crippen molar-refractivity contribution in [1.29, 1.82) is 0 Å². The van der Waals surface area contributed by atoms with Crippen molar-refractivity contribution < 1.29 is 13.6 Å². The topological polar surface area (TPSA) is 46.3 Å². The van der Waals surface area contributed by atoms with Crippen LogP contribution in [0.15, 0.2) is 18.2 Å². The Morgan fingerprint density at radius 2 is 2.06 bits per heavy atom. The fourth-order valence-electron chi connectivity index (χ4n) is 1.55. The van der Waals surface area contributed by atoms with Crippen LogP contribution < -0.4 is 5.73 Å². The first-order valence-corrected chi connectivity index (χ1v) is 5.83. The molecule has 0 aliphatic heterocycles. The minimum Gasteiger partial charge on any atom is -0.345 e. The molecule has 1 aromatic carbocycles. The molecule has 0 saturated carbocycles. The van der Waals surface area contributed by atoms with Gasteiger partial charge in [-0.2, -0.15) is 0 Å². The first-order valence-electron chi connectivity index (χ1n) is 5.83. The summed E-state index contributed by atoms with van der Waals surface area (Å²) < 4.78 is 25.7. The van der Waals surface area contributed by atoms with Gasteiger partial charge in [0.15, 0.2) is 11.6 Å². The third-order valence-electron chi connectivity index (χ3n) is 2.64. The summed E-state index contributed by atoms with van der Waals surface area (Å²) in [5.74, 6) is -1.77.